The molecule has 0 unspecified atom stereocenters. The fourth-order valence-corrected chi connectivity index (χ4v) is 3.95. The van der Waals surface area contributed by atoms with Crippen LogP contribution in [0.2, 0.25) is 5.02 Å². The molecule has 10 heteroatoms. The van der Waals surface area contributed by atoms with Crippen molar-refractivity contribution in [1.82, 2.24) is 29.9 Å². The predicted octanol–water partition coefficient (Wildman–Crippen LogP) is 5.46. The summed E-state index contributed by atoms with van der Waals surface area (Å²) in [6, 6.07) is 17.0. The number of nitrogens with zero attached hydrogens (tertiary/aromatic N) is 6. The highest BCUT2D eigenvalue weighted by Gasteiger charge is 2.18. The third-order valence-corrected chi connectivity index (χ3v) is 5.72. The molecule has 0 fully saturated rings. The Balaban J connectivity index is 1.43. The van der Waals surface area contributed by atoms with Gasteiger partial charge in [-0.05, 0) is 60.7 Å². The lowest BCUT2D eigenvalue weighted by Crippen LogP contribution is -2.00. The summed E-state index contributed by atoms with van der Waals surface area (Å²) in [7, 11) is 0. The smallest absolute Gasteiger partial charge is 0.237 e. The molecule has 0 aliphatic carbocycles. The van der Waals surface area contributed by atoms with Crippen LogP contribution in [0.4, 0.5) is 4.39 Å². The average molecular weight is 465 g/mol. The van der Waals surface area contributed by atoms with Crippen LogP contribution >= 0.6 is 23.4 Å². The zero-order chi connectivity index (χ0) is 21.9. The Bertz CT molecular complexity index is 1340. The van der Waals surface area contributed by atoms with Crippen molar-refractivity contribution in [3.63, 3.8) is 0 Å². The van der Waals surface area contributed by atoms with Gasteiger partial charge in [0.05, 0.1) is 5.75 Å². The molecule has 0 radical (unpaired) electrons. The summed E-state index contributed by atoms with van der Waals surface area (Å²) >= 11 is 7.32. The average Bonchev–Trinajstić information content (AvgIpc) is 3.47. The van der Waals surface area contributed by atoms with E-state index >= 15 is 0 Å². The topological polar surface area (TPSA) is 82.5 Å². The molecule has 0 spiro atoms. The van der Waals surface area contributed by atoms with Gasteiger partial charge in [0, 0.05) is 34.2 Å². The Morgan fingerprint density at radius 3 is 2.41 bits per heavy atom. The standard InChI is InChI=1S/C22H14ClFN6OS/c23-16-3-1-14(2-4-16)20-26-19(31-29-20)13-32-22-28-27-21(15-9-11-25-12-10-15)30(22)18-7-5-17(24)6-8-18/h1-12H,13H2. The molecule has 3 aromatic heterocycles. The van der Waals surface area contributed by atoms with E-state index in [1.165, 1.54) is 23.9 Å². The quantitative estimate of drug-likeness (QED) is 0.308. The van der Waals surface area contributed by atoms with E-state index in [2.05, 4.69) is 25.3 Å². The minimum Gasteiger partial charge on any atom is -0.338 e. The molecular formula is C22H14ClFN6OS. The van der Waals surface area contributed by atoms with E-state index in [0.29, 0.717) is 33.5 Å². The molecule has 7 nitrogen and oxygen atoms in total. The third kappa shape index (κ3) is 4.25. The molecule has 3 heterocycles. The molecular weight excluding hydrogens is 451 g/mol. The summed E-state index contributed by atoms with van der Waals surface area (Å²) in [6.07, 6.45) is 3.37. The molecule has 0 atom stereocenters. The maximum Gasteiger partial charge on any atom is 0.237 e. The van der Waals surface area contributed by atoms with Crippen molar-refractivity contribution in [3.8, 4) is 28.5 Å². The maximum atomic E-state index is 13.5. The van der Waals surface area contributed by atoms with Crippen LogP contribution in [0.1, 0.15) is 5.89 Å². The zero-order valence-electron chi connectivity index (χ0n) is 16.4. The van der Waals surface area contributed by atoms with Crippen molar-refractivity contribution in [2.75, 3.05) is 0 Å². The molecule has 0 aliphatic rings. The van der Waals surface area contributed by atoms with Crippen molar-refractivity contribution in [2.45, 2.75) is 10.9 Å². The van der Waals surface area contributed by atoms with Crippen molar-refractivity contribution < 1.29 is 8.91 Å². The molecule has 5 rings (SSSR count). The van der Waals surface area contributed by atoms with E-state index in [1.807, 2.05) is 28.8 Å². The van der Waals surface area contributed by atoms with Crippen LogP contribution < -0.4 is 0 Å². The van der Waals surface area contributed by atoms with Crippen molar-refractivity contribution in [1.29, 1.82) is 0 Å². The lowest BCUT2D eigenvalue weighted by Gasteiger charge is -2.09. The van der Waals surface area contributed by atoms with Crippen LogP contribution in [0, 0.1) is 5.82 Å². The SMILES string of the molecule is Fc1ccc(-n2c(SCc3nc(-c4ccc(Cl)cc4)no3)nnc2-c2ccncc2)cc1. The first-order valence-electron chi connectivity index (χ1n) is 9.50. The number of thioether (sulfide) groups is 1. The predicted molar refractivity (Wildman–Crippen MR) is 119 cm³/mol. The van der Waals surface area contributed by atoms with Gasteiger partial charge >= 0.3 is 0 Å². The van der Waals surface area contributed by atoms with Gasteiger partial charge in [0.15, 0.2) is 11.0 Å². The highest BCUT2D eigenvalue weighted by molar-refractivity contribution is 7.98. The Labute approximate surface area is 191 Å². The lowest BCUT2D eigenvalue weighted by molar-refractivity contribution is 0.391. The first kappa shape index (κ1) is 20.3. The Morgan fingerprint density at radius 2 is 1.66 bits per heavy atom. The molecule has 0 N–H and O–H groups in total. The molecule has 0 saturated carbocycles. The van der Waals surface area contributed by atoms with E-state index in [9.17, 15) is 4.39 Å². The molecule has 0 amide bonds. The van der Waals surface area contributed by atoms with Gasteiger partial charge in [-0.25, -0.2) is 4.39 Å². The largest absolute Gasteiger partial charge is 0.338 e. The van der Waals surface area contributed by atoms with Crippen LogP contribution in [0.3, 0.4) is 0 Å². The first-order valence-corrected chi connectivity index (χ1v) is 10.9. The molecule has 2 aromatic carbocycles. The Hall–Kier alpha value is -3.56. The van der Waals surface area contributed by atoms with Gasteiger partial charge in [-0.15, -0.1) is 10.2 Å². The molecule has 32 heavy (non-hydrogen) atoms. The number of rotatable bonds is 6. The van der Waals surface area contributed by atoms with Gasteiger partial charge < -0.3 is 4.52 Å². The van der Waals surface area contributed by atoms with E-state index < -0.39 is 0 Å². The van der Waals surface area contributed by atoms with Crippen LogP contribution in [-0.4, -0.2) is 29.9 Å². The first-order chi connectivity index (χ1) is 15.7. The molecule has 0 aliphatic heterocycles. The number of hydrogen-bond donors (Lipinski definition) is 0. The van der Waals surface area contributed by atoms with Gasteiger partial charge in [0.25, 0.3) is 0 Å². The third-order valence-electron chi connectivity index (χ3n) is 4.55. The minimum absolute atomic E-state index is 0.318. The fraction of sp³-hybridized carbons (Fsp3) is 0.0455. The Kier molecular flexibility index (Phi) is 5.66. The summed E-state index contributed by atoms with van der Waals surface area (Å²) < 4.78 is 20.7. The normalized spacial score (nSPS) is 11.1. The van der Waals surface area contributed by atoms with Gasteiger partial charge in [0.2, 0.25) is 11.7 Å². The number of pyridine rings is 1. The van der Waals surface area contributed by atoms with E-state index in [0.717, 1.165) is 16.8 Å². The van der Waals surface area contributed by atoms with E-state index in [1.54, 1.807) is 36.7 Å². The second kappa shape index (κ2) is 8.89. The van der Waals surface area contributed by atoms with Crippen LogP contribution in [0.25, 0.3) is 28.5 Å². The molecule has 158 valence electrons. The summed E-state index contributed by atoms with van der Waals surface area (Å²) in [5, 5.41) is 14.0. The number of hydrogen-bond acceptors (Lipinski definition) is 7. The number of benzene rings is 2. The highest BCUT2D eigenvalue weighted by Crippen LogP contribution is 2.30. The van der Waals surface area contributed by atoms with Gasteiger partial charge in [-0.2, -0.15) is 4.98 Å². The van der Waals surface area contributed by atoms with Crippen LogP contribution in [-0.2, 0) is 5.75 Å². The summed E-state index contributed by atoms with van der Waals surface area (Å²) in [5.74, 6) is 1.61. The second-order valence-electron chi connectivity index (χ2n) is 6.66. The van der Waals surface area contributed by atoms with Crippen molar-refractivity contribution >= 4 is 23.4 Å². The molecule has 0 bridgehead atoms. The van der Waals surface area contributed by atoms with Crippen LogP contribution in [0.15, 0.2) is 82.7 Å². The van der Waals surface area contributed by atoms with E-state index in [-0.39, 0.29) is 5.82 Å². The van der Waals surface area contributed by atoms with Gasteiger partial charge in [-0.1, -0.05) is 28.5 Å². The zero-order valence-corrected chi connectivity index (χ0v) is 18.0. The number of aromatic nitrogens is 6. The van der Waals surface area contributed by atoms with Crippen molar-refractivity contribution in [2.24, 2.45) is 0 Å². The monoisotopic (exact) mass is 464 g/mol. The molecule has 5 aromatic rings. The van der Waals surface area contributed by atoms with Crippen molar-refractivity contribution in [3.05, 3.63) is 89.8 Å². The lowest BCUT2D eigenvalue weighted by atomic mass is 10.2. The number of halogens is 2. The Morgan fingerprint density at radius 1 is 0.906 bits per heavy atom. The summed E-state index contributed by atoms with van der Waals surface area (Å²) in [6.45, 7) is 0. The maximum absolute atomic E-state index is 13.5. The summed E-state index contributed by atoms with van der Waals surface area (Å²) in [4.78, 5) is 8.50. The molecule has 0 saturated heterocycles. The van der Waals surface area contributed by atoms with Gasteiger partial charge in [0.1, 0.15) is 5.82 Å². The van der Waals surface area contributed by atoms with Crippen LogP contribution in [0.5, 0.6) is 0 Å². The minimum atomic E-state index is -0.318. The van der Waals surface area contributed by atoms with E-state index in [4.69, 9.17) is 16.1 Å². The summed E-state index contributed by atoms with van der Waals surface area (Å²) in [5.41, 5.74) is 2.38. The highest BCUT2D eigenvalue weighted by atomic mass is 35.5. The second-order valence-corrected chi connectivity index (χ2v) is 8.04. The van der Waals surface area contributed by atoms with Gasteiger partial charge in [-0.3, -0.25) is 9.55 Å². The fourth-order valence-electron chi connectivity index (χ4n) is 3.03.